The molecule has 0 aromatic heterocycles. The highest BCUT2D eigenvalue weighted by Crippen LogP contribution is 2.33. The molecule has 2 aromatic rings. The first-order valence-corrected chi connectivity index (χ1v) is 7.22. The van der Waals surface area contributed by atoms with E-state index in [4.69, 9.17) is 38.4 Å². The zero-order chi connectivity index (χ0) is 15.4. The zero-order valence-corrected chi connectivity index (χ0v) is 13.4. The lowest BCUT2D eigenvalue weighted by atomic mass is 9.98. The van der Waals surface area contributed by atoms with Gasteiger partial charge in [-0.25, -0.2) is 0 Å². The van der Waals surface area contributed by atoms with Crippen LogP contribution in [0.1, 0.15) is 17.2 Å². The minimum Gasteiger partial charge on any atom is -0.497 e. The molecule has 0 fully saturated rings. The van der Waals surface area contributed by atoms with Crippen molar-refractivity contribution in [3.05, 3.63) is 57.6 Å². The maximum absolute atomic E-state index is 6.29. The Balaban J connectivity index is 2.30. The molecular formula is C16H17Cl2NO2. The van der Waals surface area contributed by atoms with Crippen molar-refractivity contribution in [2.75, 3.05) is 14.2 Å². The number of hydrogen-bond acceptors (Lipinski definition) is 3. The molecular weight excluding hydrogens is 309 g/mol. The van der Waals surface area contributed by atoms with Crippen LogP contribution in [0.3, 0.4) is 0 Å². The Hall–Kier alpha value is -1.42. The van der Waals surface area contributed by atoms with Gasteiger partial charge in [-0.1, -0.05) is 35.3 Å². The van der Waals surface area contributed by atoms with Gasteiger partial charge in [0.2, 0.25) is 0 Å². The van der Waals surface area contributed by atoms with Crippen molar-refractivity contribution in [2.45, 2.75) is 12.5 Å². The molecule has 21 heavy (non-hydrogen) atoms. The molecule has 0 aliphatic rings. The van der Waals surface area contributed by atoms with Gasteiger partial charge in [-0.2, -0.15) is 0 Å². The van der Waals surface area contributed by atoms with Gasteiger partial charge in [0.15, 0.2) is 0 Å². The monoisotopic (exact) mass is 325 g/mol. The second-order valence-electron chi connectivity index (χ2n) is 4.62. The van der Waals surface area contributed by atoms with Crippen LogP contribution in [0.5, 0.6) is 11.5 Å². The quantitative estimate of drug-likeness (QED) is 0.893. The van der Waals surface area contributed by atoms with Gasteiger partial charge in [0.1, 0.15) is 11.5 Å². The summed E-state index contributed by atoms with van der Waals surface area (Å²) >= 11 is 12.4. The lowest BCUT2D eigenvalue weighted by Gasteiger charge is -2.18. The molecule has 0 aliphatic heterocycles. The predicted octanol–water partition coefficient (Wildman–Crippen LogP) is 4.25. The van der Waals surface area contributed by atoms with Crippen molar-refractivity contribution in [3.63, 3.8) is 0 Å². The lowest BCUT2D eigenvalue weighted by Crippen LogP contribution is -2.15. The van der Waals surface area contributed by atoms with E-state index in [2.05, 4.69) is 0 Å². The summed E-state index contributed by atoms with van der Waals surface area (Å²) in [7, 11) is 3.21. The normalized spacial score (nSPS) is 12.0. The number of hydrogen-bond donors (Lipinski definition) is 1. The highest BCUT2D eigenvalue weighted by Gasteiger charge is 2.16. The van der Waals surface area contributed by atoms with Crippen molar-refractivity contribution in [3.8, 4) is 11.5 Å². The second kappa shape index (κ2) is 7.03. The number of benzene rings is 2. The fourth-order valence-electron chi connectivity index (χ4n) is 2.18. The maximum atomic E-state index is 6.29. The Morgan fingerprint density at radius 2 is 1.71 bits per heavy atom. The molecule has 3 nitrogen and oxygen atoms in total. The standard InChI is InChI=1S/C16H17Cl2NO2/c1-20-10-6-7-11(16(8-10)21-2)15(19)9-12-13(17)4-3-5-14(12)18/h3-8,15H,9,19H2,1-2H3. The molecule has 0 bridgehead atoms. The van der Waals surface area contributed by atoms with E-state index in [0.29, 0.717) is 22.2 Å². The Labute approximate surface area is 134 Å². The summed E-state index contributed by atoms with van der Waals surface area (Å²) in [6.45, 7) is 0. The van der Waals surface area contributed by atoms with E-state index in [1.54, 1.807) is 26.4 Å². The lowest BCUT2D eigenvalue weighted by molar-refractivity contribution is 0.388. The Kier molecular flexibility index (Phi) is 5.34. The number of halogens is 2. The fourth-order valence-corrected chi connectivity index (χ4v) is 2.73. The number of nitrogens with two attached hydrogens (primary N) is 1. The third-order valence-electron chi connectivity index (χ3n) is 3.33. The molecule has 5 heteroatoms. The highest BCUT2D eigenvalue weighted by molar-refractivity contribution is 6.36. The van der Waals surface area contributed by atoms with Crippen LogP contribution in [-0.2, 0) is 6.42 Å². The van der Waals surface area contributed by atoms with Gasteiger partial charge < -0.3 is 15.2 Å². The molecule has 1 unspecified atom stereocenters. The third kappa shape index (κ3) is 3.62. The van der Waals surface area contributed by atoms with Crippen LogP contribution in [0.25, 0.3) is 0 Å². The first kappa shape index (κ1) is 16.0. The van der Waals surface area contributed by atoms with Crippen LogP contribution in [0.15, 0.2) is 36.4 Å². The van der Waals surface area contributed by atoms with Crippen molar-refractivity contribution < 1.29 is 9.47 Å². The summed E-state index contributed by atoms with van der Waals surface area (Å²) in [5.41, 5.74) is 8.02. The van der Waals surface area contributed by atoms with E-state index in [1.807, 2.05) is 24.3 Å². The second-order valence-corrected chi connectivity index (χ2v) is 5.43. The summed E-state index contributed by atoms with van der Waals surface area (Å²) in [5, 5.41) is 1.23. The molecule has 0 heterocycles. The van der Waals surface area contributed by atoms with Gasteiger partial charge in [-0.05, 0) is 30.2 Å². The van der Waals surface area contributed by atoms with E-state index < -0.39 is 0 Å². The van der Waals surface area contributed by atoms with Crippen LogP contribution in [0.2, 0.25) is 10.0 Å². The number of rotatable bonds is 5. The molecule has 0 radical (unpaired) electrons. The minimum atomic E-state index is -0.275. The average Bonchev–Trinajstić information content (AvgIpc) is 2.50. The van der Waals surface area contributed by atoms with Gasteiger partial charge in [0.25, 0.3) is 0 Å². The summed E-state index contributed by atoms with van der Waals surface area (Å²) in [6.07, 6.45) is 0.529. The molecule has 0 saturated heterocycles. The van der Waals surface area contributed by atoms with Crippen LogP contribution in [0.4, 0.5) is 0 Å². The Bertz CT molecular complexity index is 611. The molecule has 112 valence electrons. The van der Waals surface area contributed by atoms with Gasteiger partial charge in [-0.15, -0.1) is 0 Å². The first-order chi connectivity index (χ1) is 10.1. The topological polar surface area (TPSA) is 44.5 Å². The van der Waals surface area contributed by atoms with Crippen molar-refractivity contribution in [1.82, 2.24) is 0 Å². The Morgan fingerprint density at radius 1 is 1.05 bits per heavy atom. The molecule has 0 saturated carbocycles. The number of ether oxygens (including phenoxy) is 2. The SMILES string of the molecule is COc1ccc(C(N)Cc2c(Cl)cccc2Cl)c(OC)c1. The van der Waals surface area contributed by atoms with Crippen molar-refractivity contribution in [1.29, 1.82) is 0 Å². The molecule has 0 aliphatic carbocycles. The van der Waals surface area contributed by atoms with Crippen LogP contribution in [0, 0.1) is 0 Å². The summed E-state index contributed by atoms with van der Waals surface area (Å²) in [6, 6.07) is 10.7. The van der Waals surface area contributed by atoms with E-state index in [-0.39, 0.29) is 6.04 Å². The van der Waals surface area contributed by atoms with Crippen LogP contribution in [-0.4, -0.2) is 14.2 Å². The molecule has 2 rings (SSSR count). The van der Waals surface area contributed by atoms with Crippen LogP contribution >= 0.6 is 23.2 Å². The average molecular weight is 326 g/mol. The van der Waals surface area contributed by atoms with Crippen molar-refractivity contribution in [2.24, 2.45) is 5.73 Å². The fraction of sp³-hybridized carbons (Fsp3) is 0.250. The largest absolute Gasteiger partial charge is 0.497 e. The predicted molar refractivity (Wildman–Crippen MR) is 86.6 cm³/mol. The first-order valence-electron chi connectivity index (χ1n) is 6.47. The minimum absolute atomic E-state index is 0.275. The number of methoxy groups -OCH3 is 2. The maximum Gasteiger partial charge on any atom is 0.127 e. The molecule has 0 amide bonds. The van der Waals surface area contributed by atoms with E-state index in [1.165, 1.54) is 0 Å². The Morgan fingerprint density at radius 3 is 2.29 bits per heavy atom. The molecule has 0 spiro atoms. The highest BCUT2D eigenvalue weighted by atomic mass is 35.5. The van der Waals surface area contributed by atoms with E-state index in [0.717, 1.165) is 16.9 Å². The third-order valence-corrected chi connectivity index (χ3v) is 4.03. The van der Waals surface area contributed by atoms with Crippen LogP contribution < -0.4 is 15.2 Å². The molecule has 2 aromatic carbocycles. The van der Waals surface area contributed by atoms with Gasteiger partial charge in [0, 0.05) is 27.7 Å². The molecule has 2 N–H and O–H groups in total. The van der Waals surface area contributed by atoms with E-state index >= 15 is 0 Å². The molecule has 1 atom stereocenters. The summed E-state index contributed by atoms with van der Waals surface area (Å²) < 4.78 is 10.6. The summed E-state index contributed by atoms with van der Waals surface area (Å²) in [5.74, 6) is 1.41. The smallest absolute Gasteiger partial charge is 0.127 e. The summed E-state index contributed by atoms with van der Waals surface area (Å²) in [4.78, 5) is 0. The van der Waals surface area contributed by atoms with E-state index in [9.17, 15) is 0 Å². The van der Waals surface area contributed by atoms with Gasteiger partial charge in [0.05, 0.1) is 14.2 Å². The van der Waals surface area contributed by atoms with Gasteiger partial charge in [-0.3, -0.25) is 0 Å². The van der Waals surface area contributed by atoms with Gasteiger partial charge >= 0.3 is 0 Å². The van der Waals surface area contributed by atoms with Crippen molar-refractivity contribution >= 4 is 23.2 Å². The zero-order valence-electron chi connectivity index (χ0n) is 11.9.